The average Bonchev–Trinajstić information content (AvgIpc) is 2.98. The zero-order valence-electron chi connectivity index (χ0n) is 17.7. The van der Waals surface area contributed by atoms with Crippen molar-refractivity contribution in [2.45, 2.75) is 71.1 Å². The maximum atomic E-state index is 12.9. The minimum atomic E-state index is -0.774. The number of hydrogen-bond donors (Lipinski definition) is 2. The number of ether oxygens (including phenoxy) is 1. The van der Waals surface area contributed by atoms with Crippen LogP contribution in [0.25, 0.3) is 0 Å². The highest BCUT2D eigenvalue weighted by atomic mass is 16.5. The second-order valence-electron chi connectivity index (χ2n) is 8.72. The SMILES string of the molecule is CC(C)=CCN1CCC2(CC1)OCC[C@](C)(NC(=O)c1c(C)noc1C)[C@H]2O. The molecule has 2 aliphatic rings. The summed E-state index contributed by atoms with van der Waals surface area (Å²) in [5.74, 6) is 0.235. The number of aliphatic hydroxyl groups excluding tert-OH is 1. The van der Waals surface area contributed by atoms with Crippen molar-refractivity contribution < 1.29 is 19.2 Å². The van der Waals surface area contributed by atoms with E-state index in [0.29, 0.717) is 30.0 Å². The molecular formula is C21H33N3O4. The van der Waals surface area contributed by atoms with Gasteiger partial charge in [-0.25, -0.2) is 0 Å². The van der Waals surface area contributed by atoms with Gasteiger partial charge in [0.1, 0.15) is 17.4 Å². The van der Waals surface area contributed by atoms with Gasteiger partial charge in [-0.15, -0.1) is 0 Å². The summed E-state index contributed by atoms with van der Waals surface area (Å²) in [6.45, 7) is 12.8. The predicted molar refractivity (Wildman–Crippen MR) is 106 cm³/mol. The Labute approximate surface area is 167 Å². The predicted octanol–water partition coefficient (Wildman–Crippen LogP) is 2.36. The molecule has 2 N–H and O–H groups in total. The monoisotopic (exact) mass is 391 g/mol. The van der Waals surface area contributed by atoms with Crippen LogP contribution in [0.15, 0.2) is 16.2 Å². The van der Waals surface area contributed by atoms with Crippen LogP contribution in [0.4, 0.5) is 0 Å². The van der Waals surface area contributed by atoms with Gasteiger partial charge in [-0.3, -0.25) is 9.69 Å². The van der Waals surface area contributed by atoms with Crippen molar-refractivity contribution in [1.29, 1.82) is 0 Å². The van der Waals surface area contributed by atoms with Crippen molar-refractivity contribution in [2.75, 3.05) is 26.2 Å². The van der Waals surface area contributed by atoms with Crippen LogP contribution in [0, 0.1) is 13.8 Å². The Morgan fingerprint density at radius 2 is 2.00 bits per heavy atom. The summed E-state index contributed by atoms with van der Waals surface area (Å²) in [4.78, 5) is 15.2. The maximum Gasteiger partial charge on any atom is 0.257 e. The molecule has 3 rings (SSSR count). The first-order chi connectivity index (χ1) is 13.2. The topological polar surface area (TPSA) is 87.8 Å². The molecule has 0 radical (unpaired) electrons. The van der Waals surface area contributed by atoms with Gasteiger partial charge in [0, 0.05) is 26.2 Å². The summed E-state index contributed by atoms with van der Waals surface area (Å²) < 4.78 is 11.3. The van der Waals surface area contributed by atoms with E-state index in [1.54, 1.807) is 13.8 Å². The average molecular weight is 392 g/mol. The number of aliphatic hydroxyl groups is 1. The maximum absolute atomic E-state index is 12.9. The lowest BCUT2D eigenvalue weighted by Gasteiger charge is -2.53. The number of allylic oxidation sites excluding steroid dienone is 1. The highest BCUT2D eigenvalue weighted by Crippen LogP contribution is 2.40. The molecule has 0 unspecified atom stereocenters. The molecule has 0 aliphatic carbocycles. The second kappa shape index (κ2) is 7.97. The lowest BCUT2D eigenvalue weighted by molar-refractivity contribution is -0.205. The Hall–Kier alpha value is -1.70. The van der Waals surface area contributed by atoms with E-state index in [1.807, 2.05) is 6.92 Å². The summed E-state index contributed by atoms with van der Waals surface area (Å²) in [6, 6.07) is 0. The molecule has 7 nitrogen and oxygen atoms in total. The van der Waals surface area contributed by atoms with Gasteiger partial charge in [0.15, 0.2) is 0 Å². The summed E-state index contributed by atoms with van der Waals surface area (Å²) in [7, 11) is 0. The zero-order chi connectivity index (χ0) is 20.5. The smallest absolute Gasteiger partial charge is 0.257 e. The number of carbonyl (C=O) groups is 1. The Morgan fingerprint density at radius 3 is 2.57 bits per heavy atom. The number of hydrogen-bond acceptors (Lipinski definition) is 6. The number of carbonyl (C=O) groups excluding carboxylic acids is 1. The minimum absolute atomic E-state index is 0.254. The number of nitrogens with one attached hydrogen (secondary N) is 1. The van der Waals surface area contributed by atoms with Crippen LogP contribution in [0.2, 0.25) is 0 Å². The van der Waals surface area contributed by atoms with Gasteiger partial charge < -0.3 is 19.7 Å². The molecule has 2 fully saturated rings. The van der Waals surface area contributed by atoms with Gasteiger partial charge >= 0.3 is 0 Å². The third-order valence-corrected chi connectivity index (χ3v) is 6.23. The van der Waals surface area contributed by atoms with E-state index in [9.17, 15) is 9.90 Å². The van der Waals surface area contributed by atoms with E-state index in [1.165, 1.54) is 5.57 Å². The lowest BCUT2D eigenvalue weighted by Crippen LogP contribution is -2.69. The number of piperidine rings is 1. The third-order valence-electron chi connectivity index (χ3n) is 6.23. The van der Waals surface area contributed by atoms with Crippen LogP contribution in [0.1, 0.15) is 61.8 Å². The van der Waals surface area contributed by atoms with Gasteiger partial charge in [-0.1, -0.05) is 16.8 Å². The Kier molecular flexibility index (Phi) is 5.98. The Morgan fingerprint density at radius 1 is 1.32 bits per heavy atom. The number of aryl methyl sites for hydroxylation is 2. The molecule has 7 heteroatoms. The van der Waals surface area contributed by atoms with Crippen LogP contribution in [0.3, 0.4) is 0 Å². The molecule has 1 aromatic heterocycles. The normalized spacial score (nSPS) is 27.6. The summed E-state index contributed by atoms with van der Waals surface area (Å²) >= 11 is 0. The quantitative estimate of drug-likeness (QED) is 0.766. The first-order valence-corrected chi connectivity index (χ1v) is 10.1. The summed E-state index contributed by atoms with van der Waals surface area (Å²) in [6.07, 6.45) is 3.52. The fraction of sp³-hybridized carbons (Fsp3) is 0.714. The van der Waals surface area contributed by atoms with Gasteiger partial charge in [-0.2, -0.15) is 0 Å². The van der Waals surface area contributed by atoms with Gasteiger partial charge in [0.05, 0.1) is 16.8 Å². The van der Waals surface area contributed by atoms with E-state index in [4.69, 9.17) is 9.26 Å². The molecule has 2 atom stereocenters. The van der Waals surface area contributed by atoms with Gasteiger partial charge in [-0.05, 0) is 53.9 Å². The fourth-order valence-electron chi connectivity index (χ4n) is 4.37. The molecule has 3 heterocycles. The van der Waals surface area contributed by atoms with Crippen LogP contribution in [0.5, 0.6) is 0 Å². The highest BCUT2D eigenvalue weighted by Gasteiger charge is 2.53. The molecule has 1 amide bonds. The standard InChI is InChI=1S/C21H33N3O4/c1-14(2)6-10-24-11-7-21(8-12-24)19(26)20(5,9-13-27-21)22-18(25)17-15(3)23-28-16(17)4/h6,19,26H,7-13H2,1-5H3,(H,22,25)/t19-,20+/m1/s1. The van der Waals surface area contributed by atoms with Crippen molar-refractivity contribution in [1.82, 2.24) is 15.4 Å². The van der Waals surface area contributed by atoms with Crippen molar-refractivity contribution in [3.63, 3.8) is 0 Å². The molecule has 1 spiro atoms. The molecule has 0 saturated carbocycles. The lowest BCUT2D eigenvalue weighted by atomic mass is 9.73. The Bertz CT molecular complexity index is 725. The third kappa shape index (κ3) is 4.02. The van der Waals surface area contributed by atoms with Crippen molar-refractivity contribution >= 4 is 5.91 Å². The molecule has 2 aliphatic heterocycles. The second-order valence-corrected chi connectivity index (χ2v) is 8.72. The van der Waals surface area contributed by atoms with Gasteiger partial charge in [0.2, 0.25) is 0 Å². The highest BCUT2D eigenvalue weighted by molar-refractivity contribution is 5.96. The molecule has 156 valence electrons. The van der Waals surface area contributed by atoms with E-state index >= 15 is 0 Å². The fourth-order valence-corrected chi connectivity index (χ4v) is 4.37. The first kappa shape index (κ1) is 21.0. The largest absolute Gasteiger partial charge is 0.388 e. The molecule has 1 aromatic rings. The Balaban J connectivity index is 1.70. The zero-order valence-corrected chi connectivity index (χ0v) is 17.7. The minimum Gasteiger partial charge on any atom is -0.388 e. The van der Waals surface area contributed by atoms with E-state index in [-0.39, 0.29) is 5.91 Å². The van der Waals surface area contributed by atoms with Gasteiger partial charge in [0.25, 0.3) is 5.91 Å². The number of nitrogens with zero attached hydrogens (tertiary/aromatic N) is 2. The van der Waals surface area contributed by atoms with E-state index in [2.05, 4.69) is 35.3 Å². The first-order valence-electron chi connectivity index (χ1n) is 10.1. The molecular weight excluding hydrogens is 358 g/mol. The van der Waals surface area contributed by atoms with E-state index < -0.39 is 17.2 Å². The number of aromatic nitrogens is 1. The van der Waals surface area contributed by atoms with Crippen molar-refractivity contribution in [3.05, 3.63) is 28.7 Å². The van der Waals surface area contributed by atoms with Crippen LogP contribution in [-0.4, -0.2) is 64.6 Å². The van der Waals surface area contributed by atoms with Crippen molar-refractivity contribution in [3.8, 4) is 0 Å². The van der Waals surface area contributed by atoms with E-state index in [0.717, 1.165) is 32.5 Å². The molecule has 0 aromatic carbocycles. The molecule has 28 heavy (non-hydrogen) atoms. The number of amides is 1. The number of likely N-dealkylation sites (tertiary alicyclic amines) is 1. The number of rotatable bonds is 4. The molecule has 2 saturated heterocycles. The van der Waals surface area contributed by atoms with Crippen LogP contribution >= 0.6 is 0 Å². The summed E-state index contributed by atoms with van der Waals surface area (Å²) in [5, 5.41) is 18.2. The molecule has 0 bridgehead atoms. The van der Waals surface area contributed by atoms with Crippen LogP contribution in [-0.2, 0) is 4.74 Å². The van der Waals surface area contributed by atoms with Crippen LogP contribution < -0.4 is 5.32 Å². The van der Waals surface area contributed by atoms with Crippen molar-refractivity contribution in [2.24, 2.45) is 0 Å². The summed E-state index contributed by atoms with van der Waals surface area (Å²) in [5.41, 5.74) is 0.949.